The zero-order chi connectivity index (χ0) is 13.1. The fraction of sp³-hybridized carbons (Fsp3) is 0.182. The maximum Gasteiger partial charge on any atom is 0.358 e. The molecule has 0 amide bonds. The number of ether oxygens (including phenoxy) is 1. The first kappa shape index (κ1) is 12.4. The average Bonchev–Trinajstić information content (AvgIpc) is 2.78. The molecule has 0 radical (unpaired) electrons. The van der Waals surface area contributed by atoms with Gasteiger partial charge in [-0.15, -0.1) is 5.10 Å². The van der Waals surface area contributed by atoms with E-state index < -0.39 is 5.97 Å². The summed E-state index contributed by atoms with van der Waals surface area (Å²) in [4.78, 5) is 12.0. The van der Waals surface area contributed by atoms with Crippen LogP contribution in [0.25, 0.3) is 0 Å². The lowest BCUT2D eigenvalue weighted by Gasteiger charge is -2.08. The first-order valence-electron chi connectivity index (χ1n) is 5.06. The number of hydrogen-bond acceptors (Lipinski definition) is 4. The molecule has 94 valence electrons. The number of nitrogens with zero attached hydrogens (tertiary/aromatic N) is 3. The van der Waals surface area contributed by atoms with Crippen LogP contribution in [0.15, 0.2) is 24.4 Å². The number of benzene rings is 1. The maximum atomic E-state index is 10.7. The van der Waals surface area contributed by atoms with Gasteiger partial charge >= 0.3 is 5.97 Å². The first-order chi connectivity index (χ1) is 8.60. The van der Waals surface area contributed by atoms with Crippen LogP contribution >= 0.6 is 11.6 Å². The minimum atomic E-state index is -1.11. The molecule has 0 aliphatic carbocycles. The molecule has 1 heterocycles. The van der Waals surface area contributed by atoms with E-state index in [1.54, 1.807) is 25.3 Å². The van der Waals surface area contributed by atoms with E-state index in [9.17, 15) is 4.79 Å². The van der Waals surface area contributed by atoms with Crippen molar-refractivity contribution in [1.29, 1.82) is 0 Å². The summed E-state index contributed by atoms with van der Waals surface area (Å²) in [6, 6.07) is 5.17. The number of halogens is 1. The highest BCUT2D eigenvalue weighted by Crippen LogP contribution is 2.23. The number of carboxylic acid groups (broad SMARTS) is 1. The van der Waals surface area contributed by atoms with Crippen molar-refractivity contribution < 1.29 is 14.6 Å². The third-order valence-electron chi connectivity index (χ3n) is 2.31. The normalized spacial score (nSPS) is 10.3. The van der Waals surface area contributed by atoms with Crippen LogP contribution in [0.4, 0.5) is 0 Å². The molecular weight excluding hydrogens is 258 g/mol. The van der Waals surface area contributed by atoms with Crippen LogP contribution in [0.3, 0.4) is 0 Å². The fourth-order valence-corrected chi connectivity index (χ4v) is 1.69. The van der Waals surface area contributed by atoms with Crippen LogP contribution in [0.2, 0.25) is 5.02 Å². The molecule has 6 nitrogen and oxygen atoms in total. The van der Waals surface area contributed by atoms with Crippen LogP contribution in [-0.4, -0.2) is 33.2 Å². The zero-order valence-corrected chi connectivity index (χ0v) is 10.3. The van der Waals surface area contributed by atoms with E-state index in [0.29, 0.717) is 10.8 Å². The lowest BCUT2D eigenvalue weighted by atomic mass is 10.2. The second-order valence-corrected chi connectivity index (χ2v) is 3.96. The van der Waals surface area contributed by atoms with E-state index in [2.05, 4.69) is 10.2 Å². The molecule has 7 heteroatoms. The fourth-order valence-electron chi connectivity index (χ4n) is 1.49. The van der Waals surface area contributed by atoms with E-state index in [1.807, 2.05) is 0 Å². The highest BCUT2D eigenvalue weighted by molar-refractivity contribution is 6.30. The molecule has 1 N–H and O–H groups in total. The van der Waals surface area contributed by atoms with Gasteiger partial charge in [0.05, 0.1) is 19.9 Å². The molecule has 1 aromatic heterocycles. The lowest BCUT2D eigenvalue weighted by Crippen LogP contribution is -2.07. The molecule has 0 aliphatic rings. The van der Waals surface area contributed by atoms with E-state index in [4.69, 9.17) is 21.4 Å². The minimum Gasteiger partial charge on any atom is -0.496 e. The number of methoxy groups -OCH3 is 1. The summed E-state index contributed by atoms with van der Waals surface area (Å²) in [5, 5.41) is 17.0. The van der Waals surface area contributed by atoms with Gasteiger partial charge in [0.25, 0.3) is 0 Å². The van der Waals surface area contributed by atoms with E-state index in [1.165, 1.54) is 11.0 Å². The molecule has 0 bridgehead atoms. The molecule has 2 aromatic rings. The van der Waals surface area contributed by atoms with Crippen molar-refractivity contribution in [2.45, 2.75) is 6.54 Å². The quantitative estimate of drug-likeness (QED) is 0.912. The molecule has 18 heavy (non-hydrogen) atoms. The van der Waals surface area contributed by atoms with Gasteiger partial charge in [-0.3, -0.25) is 0 Å². The highest BCUT2D eigenvalue weighted by Gasteiger charge is 2.10. The van der Waals surface area contributed by atoms with Crippen LogP contribution in [0, 0.1) is 0 Å². The summed E-state index contributed by atoms with van der Waals surface area (Å²) in [6.45, 7) is 0.289. The van der Waals surface area contributed by atoms with Gasteiger partial charge in [0.15, 0.2) is 5.69 Å². The Balaban J connectivity index is 2.27. The Kier molecular flexibility index (Phi) is 3.47. The SMILES string of the molecule is COc1ccc(Cl)cc1Cn1ncc(C(=O)O)n1. The van der Waals surface area contributed by atoms with Gasteiger partial charge in [-0.05, 0) is 18.2 Å². The molecule has 0 fully saturated rings. The van der Waals surface area contributed by atoms with Crippen molar-refractivity contribution in [3.63, 3.8) is 0 Å². The second kappa shape index (κ2) is 5.05. The standard InChI is InChI=1S/C11H10ClN3O3/c1-18-10-3-2-8(12)4-7(10)6-15-13-5-9(14-15)11(16)17/h2-5H,6H2,1H3,(H,16,17). The van der Waals surface area contributed by atoms with Crippen molar-refractivity contribution in [3.8, 4) is 5.75 Å². The van der Waals surface area contributed by atoms with Gasteiger partial charge < -0.3 is 9.84 Å². The van der Waals surface area contributed by atoms with Crippen molar-refractivity contribution in [1.82, 2.24) is 15.0 Å². The Hall–Kier alpha value is -2.08. The number of carboxylic acids is 1. The number of aromatic carboxylic acids is 1. The van der Waals surface area contributed by atoms with Crippen molar-refractivity contribution in [2.24, 2.45) is 0 Å². The summed E-state index contributed by atoms with van der Waals surface area (Å²) in [6.07, 6.45) is 1.19. The zero-order valence-electron chi connectivity index (χ0n) is 9.50. The molecule has 2 rings (SSSR count). The van der Waals surface area contributed by atoms with E-state index in [0.717, 1.165) is 5.56 Å². The van der Waals surface area contributed by atoms with E-state index in [-0.39, 0.29) is 12.2 Å². The summed E-state index contributed by atoms with van der Waals surface area (Å²) < 4.78 is 5.18. The molecule has 0 atom stereocenters. The molecule has 0 saturated carbocycles. The second-order valence-electron chi connectivity index (χ2n) is 3.52. The van der Waals surface area contributed by atoms with Gasteiger partial charge in [-0.2, -0.15) is 9.90 Å². The smallest absolute Gasteiger partial charge is 0.358 e. The summed E-state index contributed by atoms with van der Waals surface area (Å²) in [7, 11) is 1.55. The predicted molar refractivity (Wildman–Crippen MR) is 64.1 cm³/mol. The number of rotatable bonds is 4. The molecule has 1 aromatic carbocycles. The topological polar surface area (TPSA) is 77.2 Å². The summed E-state index contributed by atoms with van der Waals surface area (Å²) in [5.41, 5.74) is 0.675. The monoisotopic (exact) mass is 267 g/mol. The van der Waals surface area contributed by atoms with Crippen LogP contribution in [-0.2, 0) is 6.54 Å². The third kappa shape index (κ3) is 2.60. The molecule has 0 aliphatic heterocycles. The Labute approximate surface area is 108 Å². The third-order valence-corrected chi connectivity index (χ3v) is 2.54. The van der Waals surface area contributed by atoms with Gasteiger partial charge in [-0.25, -0.2) is 4.79 Å². The Morgan fingerprint density at radius 1 is 1.56 bits per heavy atom. The largest absolute Gasteiger partial charge is 0.496 e. The first-order valence-corrected chi connectivity index (χ1v) is 5.44. The van der Waals surface area contributed by atoms with Gasteiger partial charge in [0, 0.05) is 10.6 Å². The van der Waals surface area contributed by atoms with Gasteiger partial charge in [-0.1, -0.05) is 11.6 Å². The number of carbonyl (C=O) groups is 1. The van der Waals surface area contributed by atoms with Crippen molar-refractivity contribution in [2.75, 3.05) is 7.11 Å². The van der Waals surface area contributed by atoms with Crippen LogP contribution < -0.4 is 4.74 Å². The molecular formula is C11H10ClN3O3. The van der Waals surface area contributed by atoms with Gasteiger partial charge in [0.1, 0.15) is 5.75 Å². The summed E-state index contributed by atoms with van der Waals surface area (Å²) in [5.74, 6) is -0.465. The maximum absolute atomic E-state index is 10.7. The Morgan fingerprint density at radius 2 is 2.33 bits per heavy atom. The van der Waals surface area contributed by atoms with Crippen molar-refractivity contribution in [3.05, 3.63) is 40.7 Å². The number of aromatic nitrogens is 3. The van der Waals surface area contributed by atoms with Crippen LogP contribution in [0.5, 0.6) is 5.75 Å². The average molecular weight is 268 g/mol. The van der Waals surface area contributed by atoms with Crippen molar-refractivity contribution >= 4 is 17.6 Å². The molecule has 0 saturated heterocycles. The minimum absolute atomic E-state index is 0.101. The van der Waals surface area contributed by atoms with E-state index >= 15 is 0 Å². The molecule has 0 unspecified atom stereocenters. The Morgan fingerprint density at radius 3 is 2.94 bits per heavy atom. The Bertz CT molecular complexity index is 583. The number of hydrogen-bond donors (Lipinski definition) is 1. The lowest BCUT2D eigenvalue weighted by molar-refractivity contribution is 0.0689. The van der Waals surface area contributed by atoms with Crippen LogP contribution in [0.1, 0.15) is 16.1 Å². The predicted octanol–water partition coefficient (Wildman–Crippen LogP) is 1.69. The van der Waals surface area contributed by atoms with Gasteiger partial charge in [0.2, 0.25) is 0 Å². The molecule has 0 spiro atoms. The highest BCUT2D eigenvalue weighted by atomic mass is 35.5. The summed E-state index contributed by atoms with van der Waals surface area (Å²) >= 11 is 5.90.